The Morgan fingerprint density at radius 3 is 2.69 bits per heavy atom. The molecule has 4 amide bonds. The molecule has 0 radical (unpaired) electrons. The van der Waals surface area contributed by atoms with Crippen LogP contribution in [0.15, 0.2) is 23.6 Å². The summed E-state index contributed by atoms with van der Waals surface area (Å²) in [5, 5.41) is 8.30. The lowest BCUT2D eigenvalue weighted by molar-refractivity contribution is -0.133. The molecular formula is C18H19Cl2N5O3S. The lowest BCUT2D eigenvalue weighted by atomic mass is 10.3. The number of hydrogen-bond acceptors (Lipinski definition) is 5. The van der Waals surface area contributed by atoms with E-state index in [1.165, 1.54) is 21.1 Å². The zero-order valence-corrected chi connectivity index (χ0v) is 17.9. The number of para-hydroxylation sites is 1. The molecule has 11 heteroatoms. The number of rotatable bonds is 7. The zero-order valence-electron chi connectivity index (χ0n) is 15.6. The van der Waals surface area contributed by atoms with Crippen LogP contribution >= 0.6 is 34.5 Å². The van der Waals surface area contributed by atoms with E-state index in [0.717, 1.165) is 0 Å². The van der Waals surface area contributed by atoms with Gasteiger partial charge in [-0.3, -0.25) is 14.5 Å². The van der Waals surface area contributed by atoms with Crippen molar-refractivity contribution in [2.24, 2.45) is 0 Å². The molecule has 1 saturated heterocycles. The Morgan fingerprint density at radius 1 is 1.34 bits per heavy atom. The van der Waals surface area contributed by atoms with Gasteiger partial charge in [-0.2, -0.15) is 0 Å². The average molecular weight is 456 g/mol. The second-order valence-corrected chi connectivity index (χ2v) is 7.89. The summed E-state index contributed by atoms with van der Waals surface area (Å²) in [6, 6.07) is 4.72. The van der Waals surface area contributed by atoms with Crippen molar-refractivity contribution >= 4 is 63.2 Å². The third-order valence-corrected chi connectivity index (χ3v) is 5.80. The highest BCUT2D eigenvalue weighted by Crippen LogP contribution is 2.29. The fraction of sp³-hybridized carbons (Fsp3) is 0.333. The largest absolute Gasteiger partial charge is 0.336 e. The summed E-state index contributed by atoms with van der Waals surface area (Å²) in [5.41, 5.74) is 0.875. The standard InChI is InChI=1S/C18H19Cl2N5O3S/c1-2-24(9-14(26)23-16-12(19)4-3-5-13(16)20)15(27)8-11-10-29-18(22-11)25-7-6-21-17(25)28/h3-5,10H,2,6-9H2,1H3,(H,21,28)(H,23,26). The third-order valence-electron chi connectivity index (χ3n) is 4.26. The molecule has 29 heavy (non-hydrogen) atoms. The van der Waals surface area contributed by atoms with Crippen LogP contribution in [0.1, 0.15) is 12.6 Å². The Labute approximate surface area is 181 Å². The highest BCUT2D eigenvalue weighted by molar-refractivity contribution is 7.14. The Hall–Kier alpha value is -2.36. The van der Waals surface area contributed by atoms with Crippen molar-refractivity contribution in [2.75, 3.05) is 36.4 Å². The van der Waals surface area contributed by atoms with E-state index in [-0.39, 0.29) is 24.9 Å². The third kappa shape index (κ3) is 5.17. The first-order valence-electron chi connectivity index (χ1n) is 8.90. The van der Waals surface area contributed by atoms with Crippen molar-refractivity contribution in [1.82, 2.24) is 15.2 Å². The smallest absolute Gasteiger partial charge is 0.323 e. The number of carbonyl (C=O) groups is 3. The minimum absolute atomic E-state index is 0.0416. The predicted molar refractivity (Wildman–Crippen MR) is 114 cm³/mol. The molecule has 2 N–H and O–H groups in total. The van der Waals surface area contributed by atoms with Crippen LogP contribution in [0.5, 0.6) is 0 Å². The van der Waals surface area contributed by atoms with Crippen LogP contribution < -0.4 is 15.5 Å². The number of likely N-dealkylation sites (N-methyl/N-ethyl adjacent to an activating group) is 1. The van der Waals surface area contributed by atoms with Gasteiger partial charge < -0.3 is 15.5 Å². The van der Waals surface area contributed by atoms with Gasteiger partial charge in [-0.15, -0.1) is 11.3 Å². The number of anilines is 2. The molecule has 0 bridgehead atoms. The van der Waals surface area contributed by atoms with Gasteiger partial charge in [0.1, 0.15) is 0 Å². The maximum absolute atomic E-state index is 12.6. The molecule has 2 aromatic rings. The molecule has 1 aliphatic heterocycles. The van der Waals surface area contributed by atoms with Gasteiger partial charge in [0.25, 0.3) is 0 Å². The highest BCUT2D eigenvalue weighted by atomic mass is 35.5. The van der Waals surface area contributed by atoms with Gasteiger partial charge in [0, 0.05) is 25.0 Å². The fourth-order valence-corrected chi connectivity index (χ4v) is 4.11. The molecule has 1 aromatic carbocycles. The average Bonchev–Trinajstić information content (AvgIpc) is 3.31. The van der Waals surface area contributed by atoms with E-state index < -0.39 is 5.91 Å². The van der Waals surface area contributed by atoms with Crippen LogP contribution in [0.3, 0.4) is 0 Å². The molecule has 2 heterocycles. The summed E-state index contributed by atoms with van der Waals surface area (Å²) < 4.78 is 0. The number of amides is 4. The number of urea groups is 1. The highest BCUT2D eigenvalue weighted by Gasteiger charge is 2.25. The molecule has 0 unspecified atom stereocenters. The molecule has 0 aliphatic carbocycles. The number of nitrogens with zero attached hydrogens (tertiary/aromatic N) is 3. The van der Waals surface area contributed by atoms with Crippen LogP contribution in [0.25, 0.3) is 0 Å². The van der Waals surface area contributed by atoms with Crippen molar-refractivity contribution in [3.8, 4) is 0 Å². The first kappa shape index (κ1) is 21.4. The molecule has 3 rings (SSSR count). The topological polar surface area (TPSA) is 94.6 Å². The van der Waals surface area contributed by atoms with Crippen LogP contribution in [-0.2, 0) is 16.0 Å². The Kier molecular flexibility index (Phi) is 6.94. The molecule has 1 fully saturated rings. The van der Waals surface area contributed by atoms with Gasteiger partial charge >= 0.3 is 6.03 Å². The number of thiazole rings is 1. The minimum atomic E-state index is -0.400. The summed E-state index contributed by atoms with van der Waals surface area (Å²) in [4.78, 5) is 44.0. The van der Waals surface area contributed by atoms with E-state index in [1.807, 2.05) is 0 Å². The van der Waals surface area contributed by atoms with E-state index >= 15 is 0 Å². The number of halogens is 2. The lowest BCUT2D eigenvalue weighted by Gasteiger charge is -2.20. The predicted octanol–water partition coefficient (Wildman–Crippen LogP) is 3.01. The Bertz CT molecular complexity index is 916. The van der Waals surface area contributed by atoms with Gasteiger partial charge in [0.2, 0.25) is 11.8 Å². The van der Waals surface area contributed by atoms with Crippen LogP contribution in [0.2, 0.25) is 10.0 Å². The first-order chi connectivity index (χ1) is 13.9. The second kappa shape index (κ2) is 9.43. The van der Waals surface area contributed by atoms with E-state index in [2.05, 4.69) is 15.6 Å². The van der Waals surface area contributed by atoms with Crippen LogP contribution in [0, 0.1) is 0 Å². The normalized spacial score (nSPS) is 13.3. The Morgan fingerprint density at radius 2 is 2.07 bits per heavy atom. The van der Waals surface area contributed by atoms with Gasteiger partial charge in [-0.25, -0.2) is 9.78 Å². The second-order valence-electron chi connectivity index (χ2n) is 6.23. The lowest BCUT2D eigenvalue weighted by Crippen LogP contribution is -2.38. The fourth-order valence-electron chi connectivity index (χ4n) is 2.77. The molecule has 154 valence electrons. The number of hydrogen-bond donors (Lipinski definition) is 2. The summed E-state index contributed by atoms with van der Waals surface area (Å²) >= 11 is 13.4. The molecular weight excluding hydrogens is 437 g/mol. The van der Waals surface area contributed by atoms with E-state index in [1.54, 1.807) is 30.5 Å². The van der Waals surface area contributed by atoms with E-state index in [0.29, 0.717) is 46.2 Å². The summed E-state index contributed by atoms with van der Waals surface area (Å²) in [6.07, 6.45) is 0.0416. The maximum atomic E-state index is 12.6. The number of aromatic nitrogens is 1. The van der Waals surface area contributed by atoms with Crippen LogP contribution in [-0.4, -0.2) is 53.9 Å². The van der Waals surface area contributed by atoms with Gasteiger partial charge in [0.05, 0.1) is 34.4 Å². The Balaban J connectivity index is 1.60. The summed E-state index contributed by atoms with van der Waals surface area (Å²) in [5.74, 6) is -0.640. The number of benzene rings is 1. The van der Waals surface area contributed by atoms with Gasteiger partial charge in [0.15, 0.2) is 5.13 Å². The quantitative estimate of drug-likeness (QED) is 0.670. The number of carbonyl (C=O) groups excluding carboxylic acids is 3. The first-order valence-corrected chi connectivity index (χ1v) is 10.5. The minimum Gasteiger partial charge on any atom is -0.336 e. The molecule has 0 saturated carbocycles. The van der Waals surface area contributed by atoms with Crippen molar-refractivity contribution in [1.29, 1.82) is 0 Å². The van der Waals surface area contributed by atoms with Crippen molar-refractivity contribution in [3.05, 3.63) is 39.3 Å². The zero-order chi connectivity index (χ0) is 21.0. The van der Waals surface area contributed by atoms with Crippen molar-refractivity contribution in [3.63, 3.8) is 0 Å². The monoisotopic (exact) mass is 455 g/mol. The number of nitrogens with one attached hydrogen (secondary N) is 2. The molecule has 0 atom stereocenters. The van der Waals surface area contributed by atoms with Gasteiger partial charge in [-0.05, 0) is 19.1 Å². The van der Waals surface area contributed by atoms with Crippen LogP contribution in [0.4, 0.5) is 15.6 Å². The molecule has 8 nitrogen and oxygen atoms in total. The molecule has 1 aromatic heterocycles. The SMILES string of the molecule is CCN(CC(=O)Nc1c(Cl)cccc1Cl)C(=O)Cc1csc(N2CCNC2=O)n1. The molecule has 1 aliphatic rings. The summed E-state index contributed by atoms with van der Waals surface area (Å²) in [6.45, 7) is 3.12. The van der Waals surface area contributed by atoms with E-state index in [9.17, 15) is 14.4 Å². The van der Waals surface area contributed by atoms with Crippen molar-refractivity contribution in [2.45, 2.75) is 13.3 Å². The molecule has 0 spiro atoms. The van der Waals surface area contributed by atoms with Crippen molar-refractivity contribution < 1.29 is 14.4 Å². The maximum Gasteiger partial charge on any atom is 0.323 e. The van der Waals surface area contributed by atoms with Gasteiger partial charge in [-0.1, -0.05) is 29.3 Å². The van der Waals surface area contributed by atoms with E-state index in [4.69, 9.17) is 23.2 Å². The summed E-state index contributed by atoms with van der Waals surface area (Å²) in [7, 11) is 0.